The zero-order chi connectivity index (χ0) is 24.3. The predicted octanol–water partition coefficient (Wildman–Crippen LogP) is 3.61. The van der Waals surface area contributed by atoms with Crippen LogP contribution in [0.25, 0.3) is 11.1 Å². The number of hydrogen-bond donors (Lipinski definition) is 2. The van der Waals surface area contributed by atoms with E-state index in [-0.39, 0.29) is 42.8 Å². The van der Waals surface area contributed by atoms with Gasteiger partial charge in [-0.3, -0.25) is 19.0 Å². The SMILES string of the molecule is CC1OCC(=O)C1(C)NC(=O)C(CC(=O)n1ccc(-c2ccccc2)c1)Cc1ccc(O)cc1. The smallest absolute Gasteiger partial charge is 0.231 e. The predicted molar refractivity (Wildman–Crippen MR) is 127 cm³/mol. The van der Waals surface area contributed by atoms with E-state index in [9.17, 15) is 19.5 Å². The van der Waals surface area contributed by atoms with Crippen molar-refractivity contribution in [2.45, 2.75) is 38.3 Å². The normalized spacial score (nSPS) is 20.8. The van der Waals surface area contributed by atoms with Crippen molar-refractivity contribution in [1.82, 2.24) is 9.88 Å². The van der Waals surface area contributed by atoms with Crippen LogP contribution in [0.1, 0.15) is 30.6 Å². The molecule has 4 rings (SSSR count). The van der Waals surface area contributed by atoms with Crippen LogP contribution >= 0.6 is 0 Å². The number of Topliss-reactive ketones (excluding diaryl/α,β-unsaturated/α-hetero) is 1. The Morgan fingerprint density at radius 1 is 1.12 bits per heavy atom. The first kappa shape index (κ1) is 23.4. The fraction of sp³-hybridized carbons (Fsp3) is 0.296. The van der Waals surface area contributed by atoms with E-state index in [0.717, 1.165) is 16.7 Å². The average molecular weight is 461 g/mol. The third-order valence-electron chi connectivity index (χ3n) is 6.54. The lowest BCUT2D eigenvalue weighted by atomic mass is 9.89. The van der Waals surface area contributed by atoms with Gasteiger partial charge < -0.3 is 15.2 Å². The second kappa shape index (κ2) is 9.65. The van der Waals surface area contributed by atoms with Crippen LogP contribution in [0.5, 0.6) is 5.75 Å². The molecular weight excluding hydrogens is 432 g/mol. The van der Waals surface area contributed by atoms with E-state index in [1.165, 1.54) is 4.57 Å². The summed E-state index contributed by atoms with van der Waals surface area (Å²) in [4.78, 5) is 38.9. The molecule has 176 valence electrons. The first-order chi connectivity index (χ1) is 16.3. The minimum Gasteiger partial charge on any atom is -0.508 e. The molecule has 2 heterocycles. The highest BCUT2D eigenvalue weighted by Crippen LogP contribution is 2.25. The van der Waals surface area contributed by atoms with Crippen molar-refractivity contribution in [2.24, 2.45) is 5.92 Å². The van der Waals surface area contributed by atoms with Crippen LogP contribution in [0.2, 0.25) is 0 Å². The molecule has 0 radical (unpaired) electrons. The molecule has 3 unspecified atom stereocenters. The number of nitrogens with zero attached hydrogens (tertiary/aromatic N) is 1. The van der Waals surface area contributed by atoms with E-state index < -0.39 is 17.6 Å². The van der Waals surface area contributed by atoms with Crippen LogP contribution in [0.15, 0.2) is 73.1 Å². The minimum absolute atomic E-state index is 0.0465. The molecule has 0 bridgehead atoms. The second-order valence-corrected chi connectivity index (χ2v) is 8.91. The molecule has 0 aliphatic carbocycles. The summed E-state index contributed by atoms with van der Waals surface area (Å²) in [5.74, 6) is -1.40. The number of amides is 1. The molecule has 2 N–H and O–H groups in total. The first-order valence-corrected chi connectivity index (χ1v) is 11.3. The molecule has 1 aromatic heterocycles. The van der Waals surface area contributed by atoms with E-state index >= 15 is 0 Å². The lowest BCUT2D eigenvalue weighted by molar-refractivity contribution is -0.132. The average Bonchev–Trinajstić information content (AvgIpc) is 3.42. The van der Waals surface area contributed by atoms with E-state index in [2.05, 4.69) is 5.32 Å². The molecular formula is C27H28N2O5. The van der Waals surface area contributed by atoms with Crippen LogP contribution < -0.4 is 5.32 Å². The van der Waals surface area contributed by atoms with Crippen molar-refractivity contribution in [3.05, 3.63) is 78.6 Å². The Labute approximate surface area is 198 Å². The summed E-state index contributed by atoms with van der Waals surface area (Å²) in [7, 11) is 0. The number of carbonyl (C=O) groups is 3. The molecule has 0 saturated carbocycles. The van der Waals surface area contributed by atoms with Gasteiger partial charge in [-0.25, -0.2) is 0 Å². The highest BCUT2D eigenvalue weighted by Gasteiger charge is 2.47. The number of phenolic OH excluding ortho intramolecular Hbond substituents is 1. The monoisotopic (exact) mass is 460 g/mol. The van der Waals surface area contributed by atoms with Crippen molar-refractivity contribution in [3.63, 3.8) is 0 Å². The zero-order valence-electron chi connectivity index (χ0n) is 19.2. The molecule has 1 fully saturated rings. The van der Waals surface area contributed by atoms with Crippen molar-refractivity contribution in [3.8, 4) is 16.9 Å². The van der Waals surface area contributed by atoms with Crippen LogP contribution in [-0.4, -0.2) is 45.5 Å². The van der Waals surface area contributed by atoms with Crippen molar-refractivity contribution >= 4 is 17.6 Å². The lowest BCUT2D eigenvalue weighted by Gasteiger charge is -2.29. The molecule has 1 aliphatic heterocycles. The van der Waals surface area contributed by atoms with Gasteiger partial charge in [0.1, 0.15) is 17.9 Å². The van der Waals surface area contributed by atoms with Crippen molar-refractivity contribution < 1.29 is 24.2 Å². The highest BCUT2D eigenvalue weighted by atomic mass is 16.5. The highest BCUT2D eigenvalue weighted by molar-refractivity contribution is 5.97. The Morgan fingerprint density at radius 2 is 1.82 bits per heavy atom. The number of ether oxygens (including phenoxy) is 1. The summed E-state index contributed by atoms with van der Waals surface area (Å²) in [6.45, 7) is 3.35. The Kier molecular flexibility index (Phi) is 6.65. The lowest BCUT2D eigenvalue weighted by Crippen LogP contribution is -2.57. The fourth-order valence-electron chi connectivity index (χ4n) is 4.12. The third kappa shape index (κ3) is 4.94. The number of benzene rings is 2. The summed E-state index contributed by atoms with van der Waals surface area (Å²) < 4.78 is 6.92. The summed E-state index contributed by atoms with van der Waals surface area (Å²) >= 11 is 0. The maximum absolute atomic E-state index is 13.3. The Bertz CT molecular complexity index is 1190. The largest absolute Gasteiger partial charge is 0.508 e. The van der Waals surface area contributed by atoms with Crippen LogP contribution in [0.3, 0.4) is 0 Å². The van der Waals surface area contributed by atoms with Crippen LogP contribution in [0, 0.1) is 5.92 Å². The number of carbonyl (C=O) groups excluding carboxylic acids is 3. The van der Waals surface area contributed by atoms with E-state index in [1.54, 1.807) is 50.5 Å². The zero-order valence-corrected chi connectivity index (χ0v) is 19.2. The molecule has 34 heavy (non-hydrogen) atoms. The van der Waals surface area contributed by atoms with E-state index in [4.69, 9.17) is 4.74 Å². The van der Waals surface area contributed by atoms with E-state index in [0.29, 0.717) is 0 Å². The number of hydrogen-bond acceptors (Lipinski definition) is 5. The summed E-state index contributed by atoms with van der Waals surface area (Å²) in [6, 6.07) is 18.1. The fourth-order valence-corrected chi connectivity index (χ4v) is 4.12. The number of ketones is 1. The van der Waals surface area contributed by atoms with Crippen molar-refractivity contribution in [1.29, 1.82) is 0 Å². The number of aromatic nitrogens is 1. The van der Waals surface area contributed by atoms with Crippen molar-refractivity contribution in [2.75, 3.05) is 6.61 Å². The van der Waals surface area contributed by atoms with Gasteiger partial charge in [-0.1, -0.05) is 42.5 Å². The Morgan fingerprint density at radius 3 is 2.47 bits per heavy atom. The van der Waals surface area contributed by atoms with Gasteiger partial charge in [0.2, 0.25) is 11.8 Å². The summed E-state index contributed by atoms with van der Waals surface area (Å²) in [5, 5.41) is 12.4. The Hall–Kier alpha value is -3.71. The molecule has 7 nitrogen and oxygen atoms in total. The van der Waals surface area contributed by atoms with Crippen LogP contribution in [-0.2, 0) is 20.7 Å². The number of rotatable bonds is 7. The maximum Gasteiger partial charge on any atom is 0.231 e. The standard InChI is InChI=1S/C27H28N2O5/c1-18-27(2,24(31)17-34-18)28-26(33)22(14-19-8-10-23(30)11-9-19)15-25(32)29-13-12-21(16-29)20-6-4-3-5-7-20/h3-13,16,18,22,30H,14-15,17H2,1-2H3,(H,28,33). The van der Waals surface area contributed by atoms with Gasteiger partial charge in [-0.05, 0) is 55.2 Å². The first-order valence-electron chi connectivity index (χ1n) is 11.3. The van der Waals surface area contributed by atoms with Gasteiger partial charge in [-0.2, -0.15) is 0 Å². The van der Waals surface area contributed by atoms with Crippen LogP contribution in [0.4, 0.5) is 0 Å². The summed E-state index contributed by atoms with van der Waals surface area (Å²) in [6.07, 6.45) is 3.22. The second-order valence-electron chi connectivity index (χ2n) is 8.91. The number of phenols is 1. The Balaban J connectivity index is 1.54. The quantitative estimate of drug-likeness (QED) is 0.561. The molecule has 3 atom stereocenters. The maximum atomic E-state index is 13.3. The van der Waals surface area contributed by atoms with Gasteiger partial charge in [0.15, 0.2) is 5.78 Å². The molecule has 1 aliphatic rings. The third-order valence-corrected chi connectivity index (χ3v) is 6.54. The minimum atomic E-state index is -1.14. The molecule has 2 aromatic carbocycles. The van der Waals surface area contributed by atoms with E-state index in [1.807, 2.05) is 36.4 Å². The van der Waals surface area contributed by atoms with Gasteiger partial charge in [0.25, 0.3) is 0 Å². The van der Waals surface area contributed by atoms with Gasteiger partial charge in [0, 0.05) is 18.8 Å². The van der Waals surface area contributed by atoms with Gasteiger partial charge >= 0.3 is 0 Å². The molecule has 3 aromatic rings. The molecule has 0 spiro atoms. The molecule has 7 heteroatoms. The van der Waals surface area contributed by atoms with Gasteiger partial charge in [-0.15, -0.1) is 0 Å². The van der Waals surface area contributed by atoms with Gasteiger partial charge in [0.05, 0.1) is 12.0 Å². The molecule has 1 saturated heterocycles. The number of aromatic hydroxyl groups is 1. The molecule has 1 amide bonds. The summed E-state index contributed by atoms with van der Waals surface area (Å²) in [5.41, 5.74) is 1.56. The topological polar surface area (TPSA) is 97.6 Å². The number of nitrogens with one attached hydrogen (secondary N) is 1.